The highest BCUT2D eigenvalue weighted by Crippen LogP contribution is 2.17. The van der Waals surface area contributed by atoms with Crippen LogP contribution in [0.4, 0.5) is 5.69 Å². The Kier molecular flexibility index (Phi) is 6.31. The summed E-state index contributed by atoms with van der Waals surface area (Å²) in [5, 5.41) is 7.53. The monoisotopic (exact) mass is 286 g/mol. The molecular weight excluding hydrogens is 264 g/mol. The second-order valence-electron chi connectivity index (χ2n) is 4.79. The lowest BCUT2D eigenvalue weighted by Crippen LogP contribution is -2.35. The lowest BCUT2D eigenvalue weighted by Gasteiger charge is -2.24. The Balaban J connectivity index is 2.84. The van der Waals surface area contributed by atoms with E-state index in [4.69, 9.17) is 11.6 Å². The normalized spacial score (nSPS) is 12.7. The van der Waals surface area contributed by atoms with Crippen molar-refractivity contribution >= 4 is 17.3 Å². The molecule has 0 saturated heterocycles. The van der Waals surface area contributed by atoms with Gasteiger partial charge in [0, 0.05) is 19.6 Å². The van der Waals surface area contributed by atoms with Gasteiger partial charge in [0.15, 0.2) is 0 Å². The van der Waals surface area contributed by atoms with Gasteiger partial charge in [0.1, 0.15) is 5.02 Å². The SMILES string of the molecule is CCCC(CN(C)CC)Nc1cnn(C)c(=O)c1Cl. The van der Waals surface area contributed by atoms with Gasteiger partial charge in [-0.2, -0.15) is 5.10 Å². The van der Waals surface area contributed by atoms with E-state index in [0.717, 1.165) is 25.9 Å². The number of anilines is 1. The minimum atomic E-state index is -0.272. The Labute approximate surface area is 119 Å². The molecular formula is C13H23ClN4O. The highest BCUT2D eigenvalue weighted by Gasteiger charge is 2.14. The van der Waals surface area contributed by atoms with Gasteiger partial charge in [0.25, 0.3) is 5.56 Å². The molecule has 0 aliphatic carbocycles. The first-order chi connectivity index (χ1) is 8.99. The highest BCUT2D eigenvalue weighted by atomic mass is 35.5. The summed E-state index contributed by atoms with van der Waals surface area (Å²) in [6.07, 6.45) is 3.71. The number of nitrogens with one attached hydrogen (secondary N) is 1. The predicted octanol–water partition coefficient (Wildman–Crippen LogP) is 1.97. The fourth-order valence-electron chi connectivity index (χ4n) is 1.89. The molecule has 1 aromatic heterocycles. The van der Waals surface area contributed by atoms with Gasteiger partial charge in [0.2, 0.25) is 0 Å². The minimum absolute atomic E-state index is 0.206. The molecule has 0 aliphatic heterocycles. The molecule has 108 valence electrons. The molecule has 0 radical (unpaired) electrons. The molecule has 0 saturated carbocycles. The molecule has 1 heterocycles. The fourth-order valence-corrected chi connectivity index (χ4v) is 2.12. The molecule has 5 nitrogen and oxygen atoms in total. The summed E-state index contributed by atoms with van der Waals surface area (Å²) >= 11 is 6.06. The Morgan fingerprint density at radius 1 is 1.53 bits per heavy atom. The zero-order valence-electron chi connectivity index (χ0n) is 12.1. The van der Waals surface area contributed by atoms with Crippen LogP contribution in [0.2, 0.25) is 5.02 Å². The fraction of sp³-hybridized carbons (Fsp3) is 0.692. The second kappa shape index (κ2) is 7.50. The first-order valence-electron chi connectivity index (χ1n) is 6.66. The summed E-state index contributed by atoms with van der Waals surface area (Å²) < 4.78 is 1.24. The Morgan fingerprint density at radius 2 is 2.21 bits per heavy atom. The van der Waals surface area contributed by atoms with Crippen molar-refractivity contribution in [3.05, 3.63) is 21.6 Å². The predicted molar refractivity (Wildman–Crippen MR) is 80.0 cm³/mol. The van der Waals surface area contributed by atoms with Crippen LogP contribution < -0.4 is 10.9 Å². The van der Waals surface area contributed by atoms with E-state index >= 15 is 0 Å². The average molecular weight is 287 g/mol. The van der Waals surface area contributed by atoms with Crippen molar-refractivity contribution in [1.29, 1.82) is 0 Å². The number of aromatic nitrogens is 2. The number of rotatable bonds is 7. The molecule has 0 bridgehead atoms. The maximum absolute atomic E-state index is 11.7. The van der Waals surface area contributed by atoms with Crippen molar-refractivity contribution in [2.24, 2.45) is 7.05 Å². The Hall–Kier alpha value is -1.07. The summed E-state index contributed by atoms with van der Waals surface area (Å²) in [7, 11) is 3.67. The van der Waals surface area contributed by atoms with E-state index in [1.54, 1.807) is 13.2 Å². The number of likely N-dealkylation sites (N-methyl/N-ethyl adjacent to an activating group) is 1. The first kappa shape index (κ1) is 16.0. The van der Waals surface area contributed by atoms with Crippen molar-refractivity contribution in [3.63, 3.8) is 0 Å². The number of hydrogen-bond acceptors (Lipinski definition) is 4. The maximum Gasteiger partial charge on any atom is 0.287 e. The van der Waals surface area contributed by atoms with Gasteiger partial charge in [-0.15, -0.1) is 0 Å². The van der Waals surface area contributed by atoms with Gasteiger partial charge < -0.3 is 10.2 Å². The Morgan fingerprint density at radius 3 is 2.79 bits per heavy atom. The van der Waals surface area contributed by atoms with Gasteiger partial charge in [-0.05, 0) is 20.0 Å². The van der Waals surface area contributed by atoms with Crippen LogP contribution in [0.3, 0.4) is 0 Å². The topological polar surface area (TPSA) is 50.2 Å². The molecule has 6 heteroatoms. The summed E-state index contributed by atoms with van der Waals surface area (Å²) in [4.78, 5) is 14.0. The smallest absolute Gasteiger partial charge is 0.287 e. The third-order valence-electron chi connectivity index (χ3n) is 3.15. The number of nitrogens with zero attached hydrogens (tertiary/aromatic N) is 3. The van der Waals surface area contributed by atoms with E-state index in [-0.39, 0.29) is 16.6 Å². The zero-order valence-corrected chi connectivity index (χ0v) is 12.9. The van der Waals surface area contributed by atoms with E-state index in [0.29, 0.717) is 5.69 Å². The molecule has 19 heavy (non-hydrogen) atoms. The van der Waals surface area contributed by atoms with Crippen molar-refractivity contribution in [2.75, 3.05) is 25.5 Å². The second-order valence-corrected chi connectivity index (χ2v) is 5.16. The van der Waals surface area contributed by atoms with E-state index in [2.05, 4.69) is 36.2 Å². The van der Waals surface area contributed by atoms with Crippen LogP contribution in [0.15, 0.2) is 11.0 Å². The minimum Gasteiger partial charge on any atom is -0.378 e. The third kappa shape index (κ3) is 4.51. The van der Waals surface area contributed by atoms with E-state index in [9.17, 15) is 4.79 Å². The molecule has 0 spiro atoms. The molecule has 1 unspecified atom stereocenters. The quantitative estimate of drug-likeness (QED) is 0.833. The van der Waals surface area contributed by atoms with Crippen molar-refractivity contribution < 1.29 is 0 Å². The van der Waals surface area contributed by atoms with Gasteiger partial charge in [0.05, 0.1) is 11.9 Å². The van der Waals surface area contributed by atoms with Crippen LogP contribution in [-0.4, -0.2) is 40.9 Å². The van der Waals surface area contributed by atoms with Crippen molar-refractivity contribution in [1.82, 2.24) is 14.7 Å². The van der Waals surface area contributed by atoms with E-state index < -0.39 is 0 Å². The van der Waals surface area contributed by atoms with Crippen LogP contribution in [0.25, 0.3) is 0 Å². The number of aryl methyl sites for hydroxylation is 1. The van der Waals surface area contributed by atoms with E-state index in [1.807, 2.05) is 0 Å². The van der Waals surface area contributed by atoms with Crippen LogP contribution in [-0.2, 0) is 7.05 Å². The molecule has 0 aliphatic rings. The average Bonchev–Trinajstić information content (AvgIpc) is 2.39. The molecule has 0 amide bonds. The first-order valence-corrected chi connectivity index (χ1v) is 7.04. The molecule has 1 atom stereocenters. The lowest BCUT2D eigenvalue weighted by atomic mass is 10.1. The zero-order chi connectivity index (χ0) is 14.4. The van der Waals surface area contributed by atoms with Gasteiger partial charge in [-0.25, -0.2) is 4.68 Å². The standard InChI is InChI=1S/C13H23ClN4O/c1-5-7-10(9-17(3)6-2)16-11-8-15-18(4)13(19)12(11)14/h8,10,16H,5-7,9H2,1-4H3. The molecule has 0 aromatic carbocycles. The maximum atomic E-state index is 11.7. The van der Waals surface area contributed by atoms with Crippen LogP contribution in [0.5, 0.6) is 0 Å². The van der Waals surface area contributed by atoms with Crippen molar-refractivity contribution in [2.45, 2.75) is 32.7 Å². The molecule has 1 rings (SSSR count). The van der Waals surface area contributed by atoms with Crippen LogP contribution in [0.1, 0.15) is 26.7 Å². The molecule has 1 N–H and O–H groups in total. The van der Waals surface area contributed by atoms with Gasteiger partial charge in [-0.1, -0.05) is 31.9 Å². The van der Waals surface area contributed by atoms with Crippen molar-refractivity contribution in [3.8, 4) is 0 Å². The van der Waals surface area contributed by atoms with Crippen LogP contribution >= 0.6 is 11.6 Å². The van der Waals surface area contributed by atoms with Crippen LogP contribution in [0, 0.1) is 0 Å². The lowest BCUT2D eigenvalue weighted by molar-refractivity contribution is 0.327. The number of hydrogen-bond donors (Lipinski definition) is 1. The Bertz CT molecular complexity index is 460. The molecule has 1 aromatic rings. The summed E-state index contributed by atoms with van der Waals surface area (Å²) in [6, 6.07) is 0.265. The number of halogens is 1. The largest absolute Gasteiger partial charge is 0.378 e. The van der Waals surface area contributed by atoms with Gasteiger partial charge in [-0.3, -0.25) is 4.79 Å². The highest BCUT2D eigenvalue weighted by molar-refractivity contribution is 6.32. The molecule has 0 fully saturated rings. The summed E-state index contributed by atoms with van der Waals surface area (Å²) in [5.41, 5.74) is 0.346. The van der Waals surface area contributed by atoms with Gasteiger partial charge >= 0.3 is 0 Å². The van der Waals surface area contributed by atoms with E-state index in [1.165, 1.54) is 4.68 Å². The summed E-state index contributed by atoms with van der Waals surface area (Å²) in [5.74, 6) is 0. The summed E-state index contributed by atoms with van der Waals surface area (Å²) in [6.45, 7) is 6.17. The third-order valence-corrected chi connectivity index (χ3v) is 3.51.